The molecule has 0 aromatic rings. The molecule has 0 bridgehead atoms. The normalized spacial score (nSPS) is 20.1. The highest BCUT2D eigenvalue weighted by Gasteiger charge is 2.50. The van der Waals surface area contributed by atoms with E-state index in [4.69, 9.17) is 9.31 Å². The van der Waals surface area contributed by atoms with Crippen molar-refractivity contribution in [2.75, 3.05) is 0 Å². The Morgan fingerprint density at radius 1 is 1.00 bits per heavy atom. The maximum Gasteiger partial charge on any atom is 0.458 e. The van der Waals surface area contributed by atoms with Gasteiger partial charge >= 0.3 is 7.12 Å². The lowest BCUT2D eigenvalue weighted by Gasteiger charge is -2.32. The second kappa shape index (κ2) is 7.61. The van der Waals surface area contributed by atoms with Gasteiger partial charge in [0.1, 0.15) is 0 Å². The molecule has 1 aliphatic heterocycles. The summed E-state index contributed by atoms with van der Waals surface area (Å²) in [4.78, 5) is 12.0. The van der Waals surface area contributed by atoms with Crippen LogP contribution in [0.2, 0.25) is 6.32 Å². The molecule has 1 rings (SSSR count). The van der Waals surface area contributed by atoms with Gasteiger partial charge in [0, 0.05) is 6.42 Å². The van der Waals surface area contributed by atoms with Gasteiger partial charge in [0.05, 0.1) is 11.2 Å². The van der Waals surface area contributed by atoms with Gasteiger partial charge in [0.25, 0.3) is 0 Å². The zero-order valence-corrected chi connectivity index (χ0v) is 15.3. The van der Waals surface area contributed by atoms with Gasteiger partial charge in [-0.25, -0.2) is 0 Å². The molecule has 0 atom stereocenters. The number of rotatable bonds is 7. The smallest absolute Gasteiger partial charge is 0.403 e. The van der Waals surface area contributed by atoms with Crippen molar-refractivity contribution in [3.8, 4) is 0 Å². The Hall–Kier alpha value is -0.865. The van der Waals surface area contributed by atoms with Crippen LogP contribution in [0.25, 0.3) is 0 Å². The van der Waals surface area contributed by atoms with Crippen molar-refractivity contribution >= 4 is 12.9 Å². The van der Waals surface area contributed by atoms with Crippen LogP contribution in [0, 0.1) is 0 Å². The Kier molecular flexibility index (Phi) is 6.63. The van der Waals surface area contributed by atoms with Gasteiger partial charge in [-0.3, -0.25) is 4.79 Å². The maximum atomic E-state index is 12.0. The fourth-order valence-corrected chi connectivity index (χ4v) is 2.35. The van der Waals surface area contributed by atoms with E-state index >= 15 is 0 Å². The molecule has 22 heavy (non-hydrogen) atoms. The number of ketones is 1. The second-order valence-electron chi connectivity index (χ2n) is 7.50. The predicted octanol–water partition coefficient (Wildman–Crippen LogP) is 4.73. The molecule has 1 fully saturated rings. The molecule has 124 valence electrons. The lowest BCUT2D eigenvalue weighted by atomic mass is 9.82. The van der Waals surface area contributed by atoms with E-state index in [9.17, 15) is 4.79 Å². The average molecular weight is 306 g/mol. The van der Waals surface area contributed by atoms with Crippen molar-refractivity contribution in [3.05, 3.63) is 23.3 Å². The first-order valence-corrected chi connectivity index (χ1v) is 8.22. The van der Waals surface area contributed by atoms with Crippen LogP contribution in [0.3, 0.4) is 0 Å². The zero-order valence-electron chi connectivity index (χ0n) is 15.3. The Balaban J connectivity index is 2.39. The van der Waals surface area contributed by atoms with E-state index in [1.165, 1.54) is 5.57 Å². The van der Waals surface area contributed by atoms with E-state index in [2.05, 4.69) is 19.9 Å². The summed E-state index contributed by atoms with van der Waals surface area (Å²) < 4.78 is 11.8. The highest BCUT2D eigenvalue weighted by molar-refractivity contribution is 6.45. The van der Waals surface area contributed by atoms with Gasteiger partial charge in [-0.15, -0.1) is 0 Å². The van der Waals surface area contributed by atoms with E-state index in [1.807, 2.05) is 34.6 Å². The largest absolute Gasteiger partial charge is 0.458 e. The lowest BCUT2D eigenvalue weighted by Crippen LogP contribution is -2.41. The van der Waals surface area contributed by atoms with E-state index in [0.29, 0.717) is 12.7 Å². The summed E-state index contributed by atoms with van der Waals surface area (Å²) in [6, 6.07) is 0. The van der Waals surface area contributed by atoms with Crippen LogP contribution in [-0.2, 0) is 14.1 Å². The average Bonchev–Trinajstić information content (AvgIpc) is 2.55. The van der Waals surface area contributed by atoms with E-state index in [0.717, 1.165) is 18.4 Å². The van der Waals surface area contributed by atoms with Crippen LogP contribution < -0.4 is 0 Å². The minimum absolute atomic E-state index is 0.157. The molecule has 1 saturated heterocycles. The molecule has 0 spiro atoms. The van der Waals surface area contributed by atoms with E-state index in [-0.39, 0.29) is 24.1 Å². The molecule has 3 nitrogen and oxygen atoms in total. The quantitative estimate of drug-likeness (QED) is 0.387. The topological polar surface area (TPSA) is 35.5 Å². The summed E-state index contributed by atoms with van der Waals surface area (Å²) in [5.41, 5.74) is 1.81. The van der Waals surface area contributed by atoms with E-state index < -0.39 is 0 Å². The Morgan fingerprint density at radius 3 is 2.05 bits per heavy atom. The SMILES string of the molecule is CC(C)=CCC/C(C)=C/C(=O)CCB1OC(C)(C)C(C)(C)O1. The van der Waals surface area contributed by atoms with Gasteiger partial charge in [-0.05, 0) is 73.7 Å². The summed E-state index contributed by atoms with van der Waals surface area (Å²) >= 11 is 0. The molecule has 0 radical (unpaired) electrons. The van der Waals surface area contributed by atoms with Gasteiger partial charge < -0.3 is 9.31 Å². The molecule has 0 unspecified atom stereocenters. The summed E-state index contributed by atoms with van der Waals surface area (Å²) in [6.07, 6.45) is 6.99. The molecule has 0 aromatic carbocycles. The Bertz CT molecular complexity index is 441. The van der Waals surface area contributed by atoms with Crippen LogP contribution >= 0.6 is 0 Å². The molecule has 4 heteroatoms. The third-order valence-corrected chi connectivity index (χ3v) is 4.43. The van der Waals surface area contributed by atoms with E-state index in [1.54, 1.807) is 6.08 Å². The first kappa shape index (κ1) is 19.2. The van der Waals surface area contributed by atoms with Gasteiger partial charge in [0.2, 0.25) is 0 Å². The maximum absolute atomic E-state index is 12.0. The van der Waals surface area contributed by atoms with Gasteiger partial charge in [-0.2, -0.15) is 0 Å². The fourth-order valence-electron chi connectivity index (χ4n) is 2.35. The van der Waals surface area contributed by atoms with Crippen LogP contribution in [0.15, 0.2) is 23.3 Å². The summed E-state index contributed by atoms with van der Waals surface area (Å²) in [5, 5.41) is 0. The molecule has 0 amide bonds. The van der Waals surface area contributed by atoms with Crippen LogP contribution in [-0.4, -0.2) is 24.1 Å². The van der Waals surface area contributed by atoms with Crippen molar-refractivity contribution in [3.63, 3.8) is 0 Å². The minimum atomic E-state index is -0.323. The number of carbonyl (C=O) groups is 1. The molecule has 0 saturated carbocycles. The molecule has 0 aliphatic carbocycles. The fraction of sp³-hybridized carbons (Fsp3) is 0.722. The van der Waals surface area contributed by atoms with Crippen LogP contribution in [0.5, 0.6) is 0 Å². The predicted molar refractivity (Wildman–Crippen MR) is 92.9 cm³/mol. The van der Waals surface area contributed by atoms with Crippen LogP contribution in [0.1, 0.15) is 67.7 Å². The molecule has 0 aromatic heterocycles. The van der Waals surface area contributed by atoms with Crippen molar-refractivity contribution < 1.29 is 14.1 Å². The van der Waals surface area contributed by atoms with Crippen molar-refractivity contribution in [2.45, 2.75) is 85.3 Å². The monoisotopic (exact) mass is 306 g/mol. The molecular formula is C18H31BO3. The standard InChI is InChI=1S/C18H31BO3/c1-14(2)9-8-10-15(3)13-16(20)11-12-19-21-17(4,5)18(6,7)22-19/h9,13H,8,10-12H2,1-7H3/b15-13+. The highest BCUT2D eigenvalue weighted by atomic mass is 16.7. The number of allylic oxidation sites excluding steroid dienone is 4. The summed E-state index contributed by atoms with van der Waals surface area (Å²) in [5.74, 6) is 0.157. The third-order valence-electron chi connectivity index (χ3n) is 4.43. The number of carbonyl (C=O) groups excluding carboxylic acids is 1. The molecule has 1 heterocycles. The van der Waals surface area contributed by atoms with Crippen molar-refractivity contribution in [1.82, 2.24) is 0 Å². The highest BCUT2D eigenvalue weighted by Crippen LogP contribution is 2.37. The lowest BCUT2D eigenvalue weighted by molar-refractivity contribution is -0.114. The zero-order chi connectivity index (χ0) is 17.0. The second-order valence-corrected chi connectivity index (χ2v) is 7.50. The molecular weight excluding hydrogens is 275 g/mol. The van der Waals surface area contributed by atoms with Crippen LogP contribution in [0.4, 0.5) is 0 Å². The summed E-state index contributed by atoms with van der Waals surface area (Å²) in [7, 11) is -0.284. The summed E-state index contributed by atoms with van der Waals surface area (Å²) in [6.45, 7) is 14.3. The number of hydrogen-bond donors (Lipinski definition) is 0. The van der Waals surface area contributed by atoms with Gasteiger partial charge in [0.15, 0.2) is 5.78 Å². The minimum Gasteiger partial charge on any atom is -0.403 e. The van der Waals surface area contributed by atoms with Crippen molar-refractivity contribution in [1.29, 1.82) is 0 Å². The Morgan fingerprint density at radius 2 is 1.55 bits per heavy atom. The first-order chi connectivity index (χ1) is 10.0. The third kappa shape index (κ3) is 5.73. The Labute approximate surface area is 136 Å². The molecule has 0 N–H and O–H groups in total. The molecule has 1 aliphatic rings. The van der Waals surface area contributed by atoms with Gasteiger partial charge in [-0.1, -0.05) is 17.2 Å². The first-order valence-electron chi connectivity index (χ1n) is 8.22. The van der Waals surface area contributed by atoms with Crippen molar-refractivity contribution in [2.24, 2.45) is 0 Å². The number of hydrogen-bond acceptors (Lipinski definition) is 3.